The number of carbonyl (C=O) groups excluding carboxylic acids is 5. The van der Waals surface area contributed by atoms with Crippen molar-refractivity contribution in [3.05, 3.63) is 95.9 Å². The predicted octanol–water partition coefficient (Wildman–Crippen LogP) is 2.90. The Morgan fingerprint density at radius 1 is 0.760 bits per heavy atom. The number of amides is 3. The summed E-state index contributed by atoms with van der Waals surface area (Å²) in [6, 6.07) is 29.3. The molecule has 12 nitrogen and oxygen atoms in total. The maximum atomic E-state index is 13.1. The van der Waals surface area contributed by atoms with Gasteiger partial charge in [0.25, 0.3) is 0 Å². The Balaban J connectivity index is 1.64. The molecule has 3 aromatic carbocycles. The molecule has 3 rings (SSSR count). The van der Waals surface area contributed by atoms with E-state index in [1.807, 2.05) is 18.2 Å². The third-order valence-electron chi connectivity index (χ3n) is 8.15. The Labute approximate surface area is 297 Å². The molecule has 0 saturated heterocycles. The van der Waals surface area contributed by atoms with Crippen LogP contribution in [0.25, 0.3) is 0 Å². The molecular weight excluding hydrogens is 679 g/mol. The summed E-state index contributed by atoms with van der Waals surface area (Å²) in [5, 5.41) is 11.4. The standard InChI is InChI=1S/C36H45N4O8PS/c1-3-48-36(45)30(22-23-33(42)39-31(26-50-40-46)35(44)37-25-34(43)47-2)38-32(41)21-13-14-24-49(27-15-7-4-8-16-27,28-17-9-5-10-18-28)29-19-11-6-12-20-29/h4-12,15-20,30-31,49H,3,13-14,21-26H2,1-2H3,(H,37,44)(H,38,41)(H,39,42)/t30-,31-/m0/s1. The summed E-state index contributed by atoms with van der Waals surface area (Å²) >= 11 is 0.527. The number of hydrogen-bond donors (Lipinski definition) is 3. The molecule has 0 fully saturated rings. The molecule has 0 radical (unpaired) electrons. The molecule has 0 bridgehead atoms. The second-order valence-electron chi connectivity index (χ2n) is 11.4. The molecule has 3 aromatic rings. The molecule has 50 heavy (non-hydrogen) atoms. The van der Waals surface area contributed by atoms with E-state index in [4.69, 9.17) is 4.74 Å². The fraction of sp³-hybridized carbons (Fsp3) is 0.361. The number of nitrogens with one attached hydrogen (secondary N) is 3. The van der Waals surface area contributed by atoms with E-state index in [-0.39, 0.29) is 37.5 Å². The zero-order valence-corrected chi connectivity index (χ0v) is 30.1. The Hall–Kier alpha value is -4.61. The van der Waals surface area contributed by atoms with Gasteiger partial charge in [0.1, 0.15) is 6.54 Å². The van der Waals surface area contributed by atoms with E-state index in [2.05, 4.69) is 98.1 Å². The average Bonchev–Trinajstić information content (AvgIpc) is 3.15. The molecule has 0 spiro atoms. The number of esters is 2. The normalized spacial score (nSPS) is 12.4. The van der Waals surface area contributed by atoms with Crippen molar-refractivity contribution in [2.24, 2.45) is 4.58 Å². The van der Waals surface area contributed by atoms with Crippen LogP contribution in [0.5, 0.6) is 0 Å². The fourth-order valence-electron chi connectivity index (χ4n) is 5.72. The van der Waals surface area contributed by atoms with Gasteiger partial charge in [0.05, 0.1) is 7.11 Å². The van der Waals surface area contributed by atoms with Gasteiger partial charge in [-0.25, -0.2) is 0 Å². The van der Waals surface area contributed by atoms with Crippen molar-refractivity contribution in [1.82, 2.24) is 16.0 Å². The number of unbranched alkanes of at least 4 members (excludes halogenated alkanes) is 1. The van der Waals surface area contributed by atoms with Crippen molar-refractivity contribution in [2.75, 3.05) is 32.2 Å². The van der Waals surface area contributed by atoms with Gasteiger partial charge in [-0.05, 0) is 0 Å². The third-order valence-corrected chi connectivity index (χ3v) is 13.8. The summed E-state index contributed by atoms with van der Waals surface area (Å²) in [6.07, 6.45) is 2.06. The van der Waals surface area contributed by atoms with Gasteiger partial charge in [-0.15, -0.1) is 4.91 Å². The molecule has 0 aliphatic heterocycles. The van der Waals surface area contributed by atoms with Crippen LogP contribution in [0.4, 0.5) is 0 Å². The molecule has 0 saturated carbocycles. The summed E-state index contributed by atoms with van der Waals surface area (Å²) in [6.45, 7) is 1.30. The van der Waals surface area contributed by atoms with Crippen molar-refractivity contribution >= 4 is 64.8 Å². The van der Waals surface area contributed by atoms with Gasteiger partial charge in [0, 0.05) is 22.3 Å². The second-order valence-corrected chi connectivity index (χ2v) is 16.2. The molecule has 0 aromatic heterocycles. The second kappa shape index (κ2) is 21.5. The third kappa shape index (κ3) is 12.1. The van der Waals surface area contributed by atoms with E-state index in [1.165, 1.54) is 15.9 Å². The van der Waals surface area contributed by atoms with Crippen molar-refractivity contribution < 1.29 is 33.4 Å². The van der Waals surface area contributed by atoms with Gasteiger partial charge in [-0.1, -0.05) is 0 Å². The SMILES string of the molecule is CCOC(=O)[C@H](CCC(=O)N[C@@H](CSN=O)C(=O)NCC(=O)OC)NC(=O)CCCC[PH](c1ccccc1)(c1ccccc1)c1ccccc1. The molecule has 0 aliphatic rings. The zero-order valence-electron chi connectivity index (χ0n) is 28.3. The first-order valence-corrected chi connectivity index (χ1v) is 19.6. The van der Waals surface area contributed by atoms with Crippen LogP contribution < -0.4 is 31.9 Å². The van der Waals surface area contributed by atoms with Crippen molar-refractivity contribution in [3.8, 4) is 0 Å². The first-order valence-electron chi connectivity index (χ1n) is 16.5. The number of benzene rings is 3. The number of rotatable bonds is 21. The van der Waals surface area contributed by atoms with E-state index in [0.717, 1.165) is 19.7 Å². The van der Waals surface area contributed by atoms with Crippen LogP contribution in [-0.2, 0) is 33.4 Å². The molecule has 268 valence electrons. The van der Waals surface area contributed by atoms with Gasteiger partial charge >= 0.3 is 232 Å². The van der Waals surface area contributed by atoms with Crippen LogP contribution in [0, 0.1) is 4.91 Å². The number of hydrogen-bond acceptors (Lipinski definition) is 10. The maximum absolute atomic E-state index is 13.1. The fourth-order valence-corrected chi connectivity index (χ4v) is 11.1. The predicted molar refractivity (Wildman–Crippen MR) is 198 cm³/mol. The van der Waals surface area contributed by atoms with Crippen molar-refractivity contribution in [3.63, 3.8) is 0 Å². The molecule has 3 amide bonds. The van der Waals surface area contributed by atoms with Gasteiger partial charge in [0.15, 0.2) is 0 Å². The van der Waals surface area contributed by atoms with Gasteiger partial charge in [0.2, 0.25) is 5.91 Å². The molecule has 14 heteroatoms. The minimum absolute atomic E-state index is 0.0843. The summed E-state index contributed by atoms with van der Waals surface area (Å²) in [5.41, 5.74) is 0. The molecule has 3 N–H and O–H groups in total. The Morgan fingerprint density at radius 2 is 1.28 bits per heavy atom. The number of methoxy groups -OCH3 is 1. The Morgan fingerprint density at radius 3 is 1.78 bits per heavy atom. The van der Waals surface area contributed by atoms with E-state index < -0.39 is 49.6 Å². The minimum atomic E-state index is -2.45. The van der Waals surface area contributed by atoms with Gasteiger partial charge in [-0.3, -0.25) is 9.59 Å². The summed E-state index contributed by atoms with van der Waals surface area (Å²) in [7, 11) is -1.29. The molecular formula is C36H45N4O8PS. The van der Waals surface area contributed by atoms with E-state index in [9.17, 15) is 28.9 Å². The first-order chi connectivity index (χ1) is 24.2. The van der Waals surface area contributed by atoms with Gasteiger partial charge < -0.3 is 10.1 Å². The summed E-state index contributed by atoms with van der Waals surface area (Å²) < 4.78 is 12.3. The monoisotopic (exact) mass is 724 g/mol. The summed E-state index contributed by atoms with van der Waals surface area (Å²) in [5.74, 6) is -3.21. The Bertz CT molecular complexity index is 1450. The average molecular weight is 725 g/mol. The van der Waals surface area contributed by atoms with Crippen LogP contribution >= 0.6 is 19.2 Å². The molecule has 0 unspecified atom stereocenters. The van der Waals surface area contributed by atoms with Crippen LogP contribution in [0.15, 0.2) is 95.6 Å². The first kappa shape index (κ1) is 39.8. The topological polar surface area (TPSA) is 169 Å². The summed E-state index contributed by atoms with van der Waals surface area (Å²) in [4.78, 5) is 73.2. The van der Waals surface area contributed by atoms with Gasteiger partial charge in [-0.2, -0.15) is 0 Å². The Kier molecular flexibility index (Phi) is 17.1. The van der Waals surface area contributed by atoms with Crippen LogP contribution in [0.1, 0.15) is 39.0 Å². The molecule has 0 aliphatic carbocycles. The van der Waals surface area contributed by atoms with E-state index >= 15 is 0 Å². The van der Waals surface area contributed by atoms with E-state index in [0.29, 0.717) is 18.4 Å². The van der Waals surface area contributed by atoms with Crippen LogP contribution in [-0.4, -0.2) is 73.9 Å². The molecule has 2 atom stereocenters. The van der Waals surface area contributed by atoms with Crippen molar-refractivity contribution in [1.29, 1.82) is 0 Å². The molecule has 0 heterocycles. The van der Waals surface area contributed by atoms with Crippen LogP contribution in [0.2, 0.25) is 0 Å². The number of carbonyl (C=O) groups is 5. The van der Waals surface area contributed by atoms with Crippen LogP contribution in [0.3, 0.4) is 0 Å². The van der Waals surface area contributed by atoms with Crippen molar-refractivity contribution in [2.45, 2.75) is 51.1 Å². The number of ether oxygens (including phenoxy) is 2. The number of nitrogens with zero attached hydrogens (tertiary/aromatic N) is 1. The quantitative estimate of drug-likeness (QED) is 0.0492. The number of nitroso groups, excluding NO2 is 1. The van der Waals surface area contributed by atoms with E-state index in [1.54, 1.807) is 6.92 Å². The zero-order chi connectivity index (χ0) is 36.2.